The lowest BCUT2D eigenvalue weighted by molar-refractivity contribution is -0.104. The van der Waals surface area contributed by atoms with Gasteiger partial charge in [-0.25, -0.2) is 0 Å². The van der Waals surface area contributed by atoms with Gasteiger partial charge in [-0.1, -0.05) is 6.08 Å². The van der Waals surface area contributed by atoms with E-state index >= 15 is 0 Å². The Hall–Kier alpha value is -1.10. The summed E-state index contributed by atoms with van der Waals surface area (Å²) in [6.45, 7) is 3.65. The van der Waals surface area contributed by atoms with E-state index in [1.165, 1.54) is 0 Å². The molecular formula is C9H13NO. The lowest BCUT2D eigenvalue weighted by Crippen LogP contribution is -1.88. The zero-order chi connectivity index (χ0) is 8.69. The van der Waals surface area contributed by atoms with E-state index in [1.54, 1.807) is 6.92 Å². The average molecular weight is 151 g/mol. The van der Waals surface area contributed by atoms with E-state index in [9.17, 15) is 4.79 Å². The molecule has 0 amide bonds. The standard InChI is InChI=1S/C9H13NO/c1-8(6-10)4-3-5-9(2)7-11/h5,7-8H,3-4H2,1-2H3/b9-5-. The number of rotatable bonds is 4. The van der Waals surface area contributed by atoms with Gasteiger partial charge >= 0.3 is 0 Å². The summed E-state index contributed by atoms with van der Waals surface area (Å²) in [4.78, 5) is 10.1. The highest BCUT2D eigenvalue weighted by Gasteiger charge is 1.96. The van der Waals surface area contributed by atoms with Crippen LogP contribution in [0.4, 0.5) is 0 Å². The molecular weight excluding hydrogens is 138 g/mol. The van der Waals surface area contributed by atoms with Crippen LogP contribution in [0.2, 0.25) is 0 Å². The summed E-state index contributed by atoms with van der Waals surface area (Å²) in [6, 6.07) is 2.14. The molecule has 0 heterocycles. The number of aldehydes is 1. The topological polar surface area (TPSA) is 40.9 Å². The Kier molecular flexibility index (Phi) is 5.10. The van der Waals surface area contributed by atoms with Crippen molar-refractivity contribution in [2.75, 3.05) is 0 Å². The highest BCUT2D eigenvalue weighted by atomic mass is 16.1. The van der Waals surface area contributed by atoms with Crippen LogP contribution in [0.15, 0.2) is 11.6 Å². The van der Waals surface area contributed by atoms with Gasteiger partial charge in [-0.05, 0) is 32.3 Å². The van der Waals surface area contributed by atoms with E-state index in [1.807, 2.05) is 13.0 Å². The molecule has 0 aliphatic carbocycles. The molecule has 1 unspecified atom stereocenters. The highest BCUT2D eigenvalue weighted by Crippen LogP contribution is 2.05. The minimum absolute atomic E-state index is 0.0886. The molecule has 0 aromatic heterocycles. The molecule has 60 valence electrons. The maximum Gasteiger partial charge on any atom is 0.145 e. The quantitative estimate of drug-likeness (QED) is 0.456. The Morgan fingerprint density at radius 2 is 2.36 bits per heavy atom. The predicted octanol–water partition coefficient (Wildman–Crippen LogP) is 2.07. The van der Waals surface area contributed by atoms with Gasteiger partial charge < -0.3 is 0 Å². The van der Waals surface area contributed by atoms with Crippen molar-refractivity contribution in [1.29, 1.82) is 5.26 Å². The molecule has 0 aromatic carbocycles. The molecule has 0 bridgehead atoms. The van der Waals surface area contributed by atoms with Crippen LogP contribution in [-0.2, 0) is 4.79 Å². The highest BCUT2D eigenvalue weighted by molar-refractivity contribution is 5.71. The van der Waals surface area contributed by atoms with E-state index in [2.05, 4.69) is 6.07 Å². The zero-order valence-corrected chi connectivity index (χ0v) is 7.00. The van der Waals surface area contributed by atoms with Crippen LogP contribution in [0, 0.1) is 17.2 Å². The molecule has 0 aromatic rings. The number of carbonyl (C=O) groups excluding carboxylic acids is 1. The molecule has 0 saturated heterocycles. The summed E-state index contributed by atoms with van der Waals surface area (Å²) >= 11 is 0. The van der Waals surface area contributed by atoms with E-state index in [0.29, 0.717) is 0 Å². The molecule has 0 aliphatic heterocycles. The van der Waals surface area contributed by atoms with E-state index in [0.717, 1.165) is 24.7 Å². The number of carbonyl (C=O) groups is 1. The average Bonchev–Trinajstić information content (AvgIpc) is 2.04. The fourth-order valence-corrected chi connectivity index (χ4v) is 0.674. The minimum atomic E-state index is 0.0886. The van der Waals surface area contributed by atoms with Crippen molar-refractivity contribution in [3.05, 3.63) is 11.6 Å². The zero-order valence-electron chi connectivity index (χ0n) is 7.00. The van der Waals surface area contributed by atoms with Crippen LogP contribution in [-0.4, -0.2) is 6.29 Å². The van der Waals surface area contributed by atoms with Gasteiger partial charge in [-0.2, -0.15) is 5.26 Å². The lowest BCUT2D eigenvalue weighted by Gasteiger charge is -1.96. The van der Waals surface area contributed by atoms with Crippen LogP contribution in [0.5, 0.6) is 0 Å². The second-order valence-corrected chi connectivity index (χ2v) is 2.67. The predicted molar refractivity (Wildman–Crippen MR) is 43.8 cm³/mol. The molecule has 0 N–H and O–H groups in total. The Balaban J connectivity index is 3.58. The summed E-state index contributed by atoms with van der Waals surface area (Å²) in [5.41, 5.74) is 0.745. The van der Waals surface area contributed by atoms with Crippen LogP contribution in [0.25, 0.3) is 0 Å². The number of hydrogen-bond donors (Lipinski definition) is 0. The number of hydrogen-bond acceptors (Lipinski definition) is 2. The van der Waals surface area contributed by atoms with Crippen LogP contribution in [0.1, 0.15) is 26.7 Å². The SMILES string of the molecule is C/C(C=O)=C/CCC(C)C#N. The molecule has 0 fully saturated rings. The summed E-state index contributed by atoms with van der Waals surface area (Å²) in [6.07, 6.45) is 4.35. The van der Waals surface area contributed by atoms with E-state index in [-0.39, 0.29) is 5.92 Å². The third-order valence-electron chi connectivity index (χ3n) is 1.47. The van der Waals surface area contributed by atoms with Crippen molar-refractivity contribution in [1.82, 2.24) is 0 Å². The van der Waals surface area contributed by atoms with Crippen molar-refractivity contribution in [3.63, 3.8) is 0 Å². The lowest BCUT2D eigenvalue weighted by atomic mass is 10.1. The first-order valence-electron chi connectivity index (χ1n) is 3.72. The van der Waals surface area contributed by atoms with Gasteiger partial charge in [0.05, 0.1) is 6.07 Å². The monoisotopic (exact) mass is 151 g/mol. The second-order valence-electron chi connectivity index (χ2n) is 2.67. The van der Waals surface area contributed by atoms with Crippen molar-refractivity contribution in [2.45, 2.75) is 26.7 Å². The van der Waals surface area contributed by atoms with Gasteiger partial charge in [0.1, 0.15) is 6.29 Å². The van der Waals surface area contributed by atoms with Crippen LogP contribution < -0.4 is 0 Å². The fourth-order valence-electron chi connectivity index (χ4n) is 0.674. The Labute approximate surface area is 67.5 Å². The van der Waals surface area contributed by atoms with Gasteiger partial charge in [0, 0.05) is 5.92 Å². The number of nitriles is 1. The fraction of sp³-hybridized carbons (Fsp3) is 0.556. The first-order chi connectivity index (χ1) is 5.20. The van der Waals surface area contributed by atoms with Gasteiger partial charge in [0.25, 0.3) is 0 Å². The van der Waals surface area contributed by atoms with Crippen molar-refractivity contribution < 1.29 is 4.79 Å². The molecule has 0 radical (unpaired) electrons. The molecule has 0 saturated carbocycles. The van der Waals surface area contributed by atoms with Crippen molar-refractivity contribution >= 4 is 6.29 Å². The Morgan fingerprint density at radius 3 is 2.82 bits per heavy atom. The Morgan fingerprint density at radius 1 is 1.73 bits per heavy atom. The molecule has 2 nitrogen and oxygen atoms in total. The third-order valence-corrected chi connectivity index (χ3v) is 1.47. The molecule has 11 heavy (non-hydrogen) atoms. The summed E-state index contributed by atoms with van der Waals surface area (Å²) in [5, 5.41) is 8.42. The van der Waals surface area contributed by atoms with Gasteiger partial charge in [-0.3, -0.25) is 4.79 Å². The van der Waals surface area contributed by atoms with Gasteiger partial charge in [0.15, 0.2) is 0 Å². The van der Waals surface area contributed by atoms with E-state index in [4.69, 9.17) is 5.26 Å². The molecule has 0 spiro atoms. The molecule has 0 aliphatic rings. The Bertz CT molecular complexity index is 188. The molecule has 1 atom stereocenters. The van der Waals surface area contributed by atoms with Crippen molar-refractivity contribution in [3.8, 4) is 6.07 Å². The third kappa shape index (κ3) is 5.35. The number of nitrogens with zero attached hydrogens (tertiary/aromatic N) is 1. The second kappa shape index (κ2) is 5.67. The summed E-state index contributed by atoms with van der Waals surface area (Å²) in [7, 11) is 0. The van der Waals surface area contributed by atoms with E-state index < -0.39 is 0 Å². The maximum atomic E-state index is 10.1. The van der Waals surface area contributed by atoms with Crippen molar-refractivity contribution in [2.24, 2.45) is 5.92 Å². The first-order valence-corrected chi connectivity index (χ1v) is 3.72. The smallest absolute Gasteiger partial charge is 0.145 e. The van der Waals surface area contributed by atoms with Crippen LogP contribution >= 0.6 is 0 Å². The maximum absolute atomic E-state index is 10.1. The van der Waals surface area contributed by atoms with Gasteiger partial charge in [0.2, 0.25) is 0 Å². The minimum Gasteiger partial charge on any atom is -0.298 e. The summed E-state index contributed by atoms with van der Waals surface area (Å²) in [5.74, 6) is 0.0886. The largest absolute Gasteiger partial charge is 0.298 e. The normalized spacial score (nSPS) is 13.7. The number of allylic oxidation sites excluding steroid dienone is 2. The molecule has 0 rings (SSSR count). The van der Waals surface area contributed by atoms with Crippen LogP contribution in [0.3, 0.4) is 0 Å². The molecule has 2 heteroatoms. The van der Waals surface area contributed by atoms with Gasteiger partial charge in [-0.15, -0.1) is 0 Å². The summed E-state index contributed by atoms with van der Waals surface area (Å²) < 4.78 is 0. The first kappa shape index (κ1) is 9.90.